The molecule has 0 amide bonds. The van der Waals surface area contributed by atoms with Crippen molar-refractivity contribution in [3.05, 3.63) is 29.6 Å². The van der Waals surface area contributed by atoms with Crippen LogP contribution in [0.15, 0.2) is 18.2 Å². The normalized spacial score (nSPS) is 25.8. The molecule has 1 aromatic rings. The van der Waals surface area contributed by atoms with Crippen LogP contribution in [-0.4, -0.2) is 7.11 Å². The molecule has 0 N–H and O–H groups in total. The van der Waals surface area contributed by atoms with Gasteiger partial charge in [0.15, 0.2) is 0 Å². The Hall–Kier alpha value is -0.760. The smallest absolute Gasteiger partial charge is 0.123 e. The minimum Gasteiger partial charge on any atom is -0.496 e. The molecule has 1 aliphatic rings. The van der Waals surface area contributed by atoms with Gasteiger partial charge in [-0.3, -0.25) is 0 Å². The number of halogens is 2. The van der Waals surface area contributed by atoms with Gasteiger partial charge < -0.3 is 4.74 Å². The van der Waals surface area contributed by atoms with E-state index in [0.717, 1.165) is 24.3 Å². The van der Waals surface area contributed by atoms with E-state index in [0.29, 0.717) is 11.7 Å². The summed E-state index contributed by atoms with van der Waals surface area (Å²) < 4.78 is 18.6. The Bertz CT molecular complexity index is 399. The highest BCUT2D eigenvalue weighted by Crippen LogP contribution is 2.43. The summed E-state index contributed by atoms with van der Waals surface area (Å²) in [5, 5.41) is -0.150. The Morgan fingerprint density at radius 3 is 2.56 bits per heavy atom. The Balaban J connectivity index is 2.17. The molecule has 1 fully saturated rings. The van der Waals surface area contributed by atoms with Crippen LogP contribution in [0.5, 0.6) is 5.75 Å². The van der Waals surface area contributed by atoms with Crippen molar-refractivity contribution >= 4 is 11.6 Å². The van der Waals surface area contributed by atoms with Gasteiger partial charge in [-0.1, -0.05) is 19.8 Å². The first-order chi connectivity index (χ1) is 8.61. The quantitative estimate of drug-likeness (QED) is 0.707. The van der Waals surface area contributed by atoms with Crippen molar-refractivity contribution in [2.75, 3.05) is 7.11 Å². The van der Waals surface area contributed by atoms with Gasteiger partial charge in [0.2, 0.25) is 0 Å². The van der Waals surface area contributed by atoms with Crippen molar-refractivity contribution in [2.45, 2.75) is 38.0 Å². The third-order valence-corrected chi connectivity index (χ3v) is 4.55. The van der Waals surface area contributed by atoms with Crippen molar-refractivity contribution in [1.29, 1.82) is 0 Å². The second kappa shape index (κ2) is 5.92. The second-order valence-corrected chi connectivity index (χ2v) is 5.78. The predicted octanol–water partition coefficient (Wildman–Crippen LogP) is 4.94. The van der Waals surface area contributed by atoms with Gasteiger partial charge in [0.1, 0.15) is 11.6 Å². The maximum atomic E-state index is 13.4. The van der Waals surface area contributed by atoms with E-state index in [1.165, 1.54) is 25.0 Å². The van der Waals surface area contributed by atoms with Crippen LogP contribution < -0.4 is 4.74 Å². The average Bonchev–Trinajstić information content (AvgIpc) is 2.39. The van der Waals surface area contributed by atoms with Crippen LogP contribution in [0.4, 0.5) is 4.39 Å². The van der Waals surface area contributed by atoms with Gasteiger partial charge in [0.25, 0.3) is 0 Å². The second-order valence-electron chi connectivity index (χ2n) is 5.31. The van der Waals surface area contributed by atoms with Gasteiger partial charge >= 0.3 is 0 Å². The minimum atomic E-state index is -0.249. The van der Waals surface area contributed by atoms with Crippen LogP contribution >= 0.6 is 11.6 Å². The van der Waals surface area contributed by atoms with Crippen LogP contribution in [0.1, 0.15) is 43.5 Å². The summed E-state index contributed by atoms with van der Waals surface area (Å²) in [4.78, 5) is 0. The highest BCUT2D eigenvalue weighted by atomic mass is 35.5. The maximum absolute atomic E-state index is 13.4. The fourth-order valence-corrected chi connectivity index (χ4v) is 3.18. The zero-order chi connectivity index (χ0) is 13.1. The number of hydrogen-bond donors (Lipinski definition) is 0. The van der Waals surface area contributed by atoms with Gasteiger partial charge in [0.05, 0.1) is 12.5 Å². The summed E-state index contributed by atoms with van der Waals surface area (Å²) in [6, 6.07) is 4.58. The molecular formula is C15H20ClFO. The largest absolute Gasteiger partial charge is 0.496 e. The molecule has 1 unspecified atom stereocenters. The van der Waals surface area contributed by atoms with Crippen LogP contribution in [0.3, 0.4) is 0 Å². The highest BCUT2D eigenvalue weighted by molar-refractivity contribution is 6.21. The lowest BCUT2D eigenvalue weighted by atomic mass is 9.79. The molecule has 0 aromatic heterocycles. The molecule has 0 aliphatic heterocycles. The summed E-state index contributed by atoms with van der Waals surface area (Å²) in [5.74, 6) is 1.66. The summed E-state index contributed by atoms with van der Waals surface area (Å²) in [7, 11) is 1.60. The number of alkyl halides is 1. The lowest BCUT2D eigenvalue weighted by molar-refractivity contribution is 0.280. The van der Waals surface area contributed by atoms with Crippen molar-refractivity contribution in [3.63, 3.8) is 0 Å². The van der Waals surface area contributed by atoms with Gasteiger partial charge in [-0.15, -0.1) is 11.6 Å². The summed E-state index contributed by atoms with van der Waals surface area (Å²) in [6.07, 6.45) is 4.67. The highest BCUT2D eigenvalue weighted by Gasteiger charge is 2.27. The lowest BCUT2D eigenvalue weighted by Gasteiger charge is -2.30. The molecule has 0 heterocycles. The van der Waals surface area contributed by atoms with E-state index in [1.807, 2.05) is 0 Å². The molecule has 2 rings (SSSR count). The molecule has 0 spiro atoms. The van der Waals surface area contributed by atoms with E-state index in [-0.39, 0.29) is 11.2 Å². The monoisotopic (exact) mass is 270 g/mol. The number of methoxy groups -OCH3 is 1. The Labute approximate surface area is 113 Å². The standard InChI is InChI=1S/C15H20ClFO/c1-10-3-5-11(6-4-10)15(16)13-9-12(17)7-8-14(13)18-2/h7-11,15H,3-6H2,1-2H3. The molecule has 1 aliphatic carbocycles. The van der Waals surface area contributed by atoms with E-state index in [2.05, 4.69) is 6.92 Å². The average molecular weight is 271 g/mol. The lowest BCUT2D eigenvalue weighted by Crippen LogP contribution is -2.17. The third kappa shape index (κ3) is 2.97. The molecule has 0 saturated heterocycles. The first-order valence-corrected chi connectivity index (χ1v) is 7.03. The van der Waals surface area contributed by atoms with Crippen molar-refractivity contribution < 1.29 is 9.13 Å². The van der Waals surface area contributed by atoms with Crippen molar-refractivity contribution in [2.24, 2.45) is 11.8 Å². The molecule has 100 valence electrons. The third-order valence-electron chi connectivity index (χ3n) is 3.96. The fourth-order valence-electron chi connectivity index (χ4n) is 2.75. The molecule has 1 atom stereocenters. The molecule has 1 saturated carbocycles. The van der Waals surface area contributed by atoms with Gasteiger partial charge in [-0.2, -0.15) is 0 Å². The zero-order valence-corrected chi connectivity index (χ0v) is 11.7. The SMILES string of the molecule is COc1ccc(F)cc1C(Cl)C1CCC(C)CC1. The fraction of sp³-hybridized carbons (Fsp3) is 0.600. The van der Waals surface area contributed by atoms with E-state index in [4.69, 9.17) is 16.3 Å². The summed E-state index contributed by atoms with van der Waals surface area (Å²) in [5.41, 5.74) is 0.790. The predicted molar refractivity (Wildman–Crippen MR) is 72.7 cm³/mol. The summed E-state index contributed by atoms with van der Waals surface area (Å²) in [6.45, 7) is 2.28. The number of ether oxygens (including phenoxy) is 1. The van der Waals surface area contributed by atoms with E-state index in [9.17, 15) is 4.39 Å². The topological polar surface area (TPSA) is 9.23 Å². The van der Waals surface area contributed by atoms with Crippen molar-refractivity contribution in [3.8, 4) is 5.75 Å². The van der Waals surface area contributed by atoms with Crippen molar-refractivity contribution in [1.82, 2.24) is 0 Å². The van der Waals surface area contributed by atoms with Crippen LogP contribution in [-0.2, 0) is 0 Å². The Kier molecular flexibility index (Phi) is 4.50. The molecule has 1 nitrogen and oxygen atoms in total. The van der Waals surface area contributed by atoms with E-state index < -0.39 is 0 Å². The van der Waals surface area contributed by atoms with Crippen LogP contribution in [0.25, 0.3) is 0 Å². The van der Waals surface area contributed by atoms with E-state index >= 15 is 0 Å². The number of hydrogen-bond acceptors (Lipinski definition) is 1. The van der Waals surface area contributed by atoms with E-state index in [1.54, 1.807) is 13.2 Å². The van der Waals surface area contributed by atoms with Crippen LogP contribution in [0, 0.1) is 17.7 Å². The zero-order valence-electron chi connectivity index (χ0n) is 11.0. The Morgan fingerprint density at radius 2 is 1.94 bits per heavy atom. The maximum Gasteiger partial charge on any atom is 0.123 e. The molecule has 1 aromatic carbocycles. The number of benzene rings is 1. The molecule has 0 radical (unpaired) electrons. The molecule has 18 heavy (non-hydrogen) atoms. The van der Waals surface area contributed by atoms with Gasteiger partial charge in [-0.05, 0) is 42.9 Å². The molecule has 3 heteroatoms. The van der Waals surface area contributed by atoms with Crippen LogP contribution in [0.2, 0.25) is 0 Å². The number of rotatable bonds is 3. The first kappa shape index (κ1) is 13.7. The van der Waals surface area contributed by atoms with Gasteiger partial charge in [0, 0.05) is 5.56 Å². The van der Waals surface area contributed by atoms with Gasteiger partial charge in [-0.25, -0.2) is 4.39 Å². The molecular weight excluding hydrogens is 251 g/mol. The summed E-state index contributed by atoms with van der Waals surface area (Å²) >= 11 is 6.54. The molecule has 0 bridgehead atoms. The minimum absolute atomic E-state index is 0.150. The Morgan fingerprint density at radius 1 is 1.28 bits per heavy atom. The first-order valence-electron chi connectivity index (χ1n) is 6.59.